The summed E-state index contributed by atoms with van der Waals surface area (Å²) < 4.78 is 12.6. The number of nitrogens with one attached hydrogen (secondary N) is 2. The molecule has 0 bridgehead atoms. The highest BCUT2D eigenvalue weighted by molar-refractivity contribution is 7.71. The van der Waals surface area contributed by atoms with Crippen molar-refractivity contribution in [3.63, 3.8) is 0 Å². The van der Waals surface area contributed by atoms with E-state index in [1.807, 2.05) is 38.2 Å². The highest BCUT2D eigenvalue weighted by Crippen LogP contribution is 2.21. The summed E-state index contributed by atoms with van der Waals surface area (Å²) in [6.45, 7) is 3.41. The lowest BCUT2D eigenvalue weighted by Crippen LogP contribution is -3.09. The number of amides is 1. The second kappa shape index (κ2) is 7.79. The summed E-state index contributed by atoms with van der Waals surface area (Å²) >= 11 is 5.25. The molecule has 3 rings (SSSR count). The van der Waals surface area contributed by atoms with Crippen LogP contribution in [0.4, 0.5) is 0 Å². The van der Waals surface area contributed by atoms with Crippen LogP contribution >= 0.6 is 12.2 Å². The Hall–Kier alpha value is -2.19. The summed E-state index contributed by atoms with van der Waals surface area (Å²) in [7, 11) is 1.93. The molecule has 1 fully saturated rings. The molecule has 1 aromatic heterocycles. The molecule has 0 radical (unpaired) electrons. The van der Waals surface area contributed by atoms with Crippen LogP contribution in [0.3, 0.4) is 0 Å². The minimum atomic E-state index is 0.0572. The predicted octanol–water partition coefficient (Wildman–Crippen LogP) is 1.02. The number of quaternary nitrogens is 1. The van der Waals surface area contributed by atoms with Gasteiger partial charge in [-0.3, -0.25) is 4.79 Å². The van der Waals surface area contributed by atoms with Gasteiger partial charge in [0, 0.05) is 11.6 Å². The highest BCUT2D eigenvalue weighted by atomic mass is 32.1. The van der Waals surface area contributed by atoms with Crippen LogP contribution in [0.2, 0.25) is 0 Å². The molecule has 1 amide bonds. The molecule has 1 aliphatic rings. The van der Waals surface area contributed by atoms with E-state index in [4.69, 9.17) is 21.4 Å². The third kappa shape index (κ3) is 4.90. The molecule has 25 heavy (non-hydrogen) atoms. The molecular weight excluding hydrogens is 340 g/mol. The van der Waals surface area contributed by atoms with E-state index in [9.17, 15) is 4.79 Å². The molecule has 134 valence electrons. The Labute approximate surface area is 151 Å². The van der Waals surface area contributed by atoms with Crippen molar-refractivity contribution in [2.45, 2.75) is 32.5 Å². The van der Waals surface area contributed by atoms with Crippen molar-refractivity contribution in [1.29, 1.82) is 0 Å². The molecular formula is C17H23N4O3S+. The van der Waals surface area contributed by atoms with E-state index in [-0.39, 0.29) is 5.91 Å². The Bertz CT molecular complexity index is 780. The van der Waals surface area contributed by atoms with Crippen LogP contribution in [-0.2, 0) is 11.5 Å². The Balaban J connectivity index is 1.63. The van der Waals surface area contributed by atoms with Crippen LogP contribution in [0.15, 0.2) is 28.7 Å². The monoisotopic (exact) mass is 363 g/mol. The number of benzene rings is 1. The van der Waals surface area contributed by atoms with Gasteiger partial charge in [0.25, 0.3) is 10.7 Å². The van der Waals surface area contributed by atoms with Crippen LogP contribution in [0.25, 0.3) is 11.5 Å². The molecule has 1 unspecified atom stereocenters. The SMILES string of the molecule is CCOc1ccc(-c2nn(C[NH+](C)CC(=O)NC3CC3)c(=S)o2)cc1. The minimum absolute atomic E-state index is 0.0572. The maximum absolute atomic E-state index is 11.9. The van der Waals surface area contributed by atoms with Gasteiger partial charge in [0.2, 0.25) is 5.89 Å². The number of hydrogen-bond acceptors (Lipinski definition) is 5. The second-order valence-corrected chi connectivity index (χ2v) is 6.61. The standard InChI is InChI=1S/C17H22N4O3S/c1-3-23-14-8-4-12(5-9-14)16-19-21(17(25)24-16)11-20(2)10-15(22)18-13-6-7-13/h4-5,8-9,13H,3,6-7,10-11H2,1-2H3,(H,18,22)/p+1. The first-order valence-electron chi connectivity index (χ1n) is 8.47. The number of carbonyl (C=O) groups is 1. The van der Waals surface area contributed by atoms with Gasteiger partial charge < -0.3 is 19.4 Å². The molecule has 2 N–H and O–H groups in total. The molecule has 8 heteroatoms. The maximum Gasteiger partial charge on any atom is 0.292 e. The Kier molecular flexibility index (Phi) is 5.50. The molecule has 7 nitrogen and oxygen atoms in total. The van der Waals surface area contributed by atoms with Crippen molar-refractivity contribution in [3.8, 4) is 17.2 Å². The lowest BCUT2D eigenvalue weighted by Gasteiger charge is -2.12. The van der Waals surface area contributed by atoms with Crippen LogP contribution in [0, 0.1) is 4.84 Å². The highest BCUT2D eigenvalue weighted by Gasteiger charge is 2.24. The first kappa shape index (κ1) is 17.6. The molecule has 1 saturated carbocycles. The van der Waals surface area contributed by atoms with Crippen molar-refractivity contribution in [1.82, 2.24) is 15.1 Å². The van der Waals surface area contributed by atoms with E-state index in [1.165, 1.54) is 0 Å². The lowest BCUT2D eigenvalue weighted by atomic mass is 10.2. The van der Waals surface area contributed by atoms with Crippen molar-refractivity contribution < 1.29 is 18.8 Å². The van der Waals surface area contributed by atoms with E-state index < -0.39 is 0 Å². The number of carbonyl (C=O) groups excluding carboxylic acids is 1. The Morgan fingerprint density at radius 3 is 2.80 bits per heavy atom. The molecule has 1 aliphatic carbocycles. The van der Waals surface area contributed by atoms with Gasteiger partial charge in [-0.2, -0.15) is 4.68 Å². The zero-order chi connectivity index (χ0) is 17.8. The number of rotatable bonds is 8. The average molecular weight is 363 g/mol. The summed E-state index contributed by atoms with van der Waals surface area (Å²) in [6, 6.07) is 7.89. The van der Waals surface area contributed by atoms with Gasteiger partial charge in [0.05, 0.1) is 13.7 Å². The summed E-state index contributed by atoms with van der Waals surface area (Å²) in [6.07, 6.45) is 2.18. The topological polar surface area (TPSA) is 73.7 Å². The van der Waals surface area contributed by atoms with Gasteiger partial charge in [-0.05, 0) is 56.2 Å². The van der Waals surface area contributed by atoms with Crippen LogP contribution in [0.5, 0.6) is 5.75 Å². The van der Waals surface area contributed by atoms with E-state index >= 15 is 0 Å². The van der Waals surface area contributed by atoms with Crippen molar-refractivity contribution in [3.05, 3.63) is 29.1 Å². The molecule has 0 spiro atoms. The van der Waals surface area contributed by atoms with Gasteiger partial charge in [-0.1, -0.05) is 0 Å². The summed E-state index contributed by atoms with van der Waals surface area (Å²) in [5.41, 5.74) is 0.831. The fourth-order valence-corrected chi connectivity index (χ4v) is 2.66. The fourth-order valence-electron chi connectivity index (χ4n) is 2.48. The van der Waals surface area contributed by atoms with Crippen LogP contribution in [0.1, 0.15) is 19.8 Å². The Morgan fingerprint density at radius 2 is 2.16 bits per heavy atom. The quantitative estimate of drug-likeness (QED) is 0.685. The largest absolute Gasteiger partial charge is 0.494 e. The van der Waals surface area contributed by atoms with E-state index in [2.05, 4.69) is 10.4 Å². The number of likely N-dealkylation sites (N-methyl/N-ethyl adjacent to an activating group) is 1. The summed E-state index contributed by atoms with van der Waals surface area (Å²) in [5.74, 6) is 1.32. The Morgan fingerprint density at radius 1 is 1.44 bits per heavy atom. The van der Waals surface area contributed by atoms with Gasteiger partial charge in [-0.15, -0.1) is 5.10 Å². The van der Waals surface area contributed by atoms with Crippen molar-refractivity contribution in [2.24, 2.45) is 0 Å². The number of nitrogens with zero attached hydrogens (tertiary/aromatic N) is 2. The van der Waals surface area contributed by atoms with Crippen molar-refractivity contribution in [2.75, 3.05) is 20.2 Å². The predicted molar refractivity (Wildman–Crippen MR) is 94.9 cm³/mol. The summed E-state index contributed by atoms with van der Waals surface area (Å²) in [4.78, 5) is 13.2. The smallest absolute Gasteiger partial charge is 0.292 e. The number of aromatic nitrogens is 2. The molecule has 0 saturated heterocycles. The van der Waals surface area contributed by atoms with Gasteiger partial charge in [0.15, 0.2) is 13.2 Å². The summed E-state index contributed by atoms with van der Waals surface area (Å²) in [5, 5.41) is 7.41. The number of hydrogen-bond donors (Lipinski definition) is 2. The lowest BCUT2D eigenvalue weighted by molar-refractivity contribution is -0.895. The average Bonchev–Trinajstić information content (AvgIpc) is 3.31. The van der Waals surface area contributed by atoms with Gasteiger partial charge >= 0.3 is 0 Å². The van der Waals surface area contributed by atoms with Crippen LogP contribution < -0.4 is 15.0 Å². The minimum Gasteiger partial charge on any atom is -0.494 e. The van der Waals surface area contributed by atoms with E-state index in [0.717, 1.165) is 29.1 Å². The third-order valence-corrected chi connectivity index (χ3v) is 4.14. The van der Waals surface area contributed by atoms with Gasteiger partial charge in [-0.25, -0.2) is 0 Å². The molecule has 1 atom stereocenters. The molecule has 0 aliphatic heterocycles. The first-order valence-corrected chi connectivity index (χ1v) is 8.88. The normalized spacial score (nSPS) is 15.0. The zero-order valence-corrected chi connectivity index (χ0v) is 15.3. The van der Waals surface area contributed by atoms with E-state index in [1.54, 1.807) is 4.68 Å². The van der Waals surface area contributed by atoms with Gasteiger partial charge in [0.1, 0.15) is 5.75 Å². The molecule has 1 aromatic carbocycles. The first-order chi connectivity index (χ1) is 12.0. The third-order valence-electron chi connectivity index (χ3n) is 3.84. The van der Waals surface area contributed by atoms with Crippen molar-refractivity contribution >= 4 is 18.1 Å². The second-order valence-electron chi connectivity index (χ2n) is 6.26. The maximum atomic E-state index is 11.9. The van der Waals surface area contributed by atoms with E-state index in [0.29, 0.717) is 36.6 Å². The fraction of sp³-hybridized carbons (Fsp3) is 0.471. The molecule has 2 aromatic rings. The zero-order valence-electron chi connectivity index (χ0n) is 14.4. The molecule has 1 heterocycles. The van der Waals surface area contributed by atoms with Crippen LogP contribution in [-0.4, -0.2) is 41.9 Å². The number of ether oxygens (including phenoxy) is 1.